The lowest BCUT2D eigenvalue weighted by Gasteiger charge is -2.26. The summed E-state index contributed by atoms with van der Waals surface area (Å²) in [5, 5.41) is 6.99. The van der Waals surface area contributed by atoms with Crippen LogP contribution in [0.1, 0.15) is 6.92 Å². The van der Waals surface area contributed by atoms with E-state index in [0.717, 1.165) is 0 Å². The van der Waals surface area contributed by atoms with Gasteiger partial charge in [0.05, 0.1) is 0 Å². The van der Waals surface area contributed by atoms with Gasteiger partial charge in [-0.15, -0.1) is 0 Å². The molecule has 0 aliphatic carbocycles. The topological polar surface area (TPSA) is 155 Å². The molecule has 0 saturated carbocycles. The molecule has 5 N–H and O–H groups in total. The van der Waals surface area contributed by atoms with Crippen molar-refractivity contribution in [3.63, 3.8) is 0 Å². The first-order valence-corrected chi connectivity index (χ1v) is 6.24. The summed E-state index contributed by atoms with van der Waals surface area (Å²) in [5.74, 6) is 0. The molecular formula is C4H11NO7S2. The van der Waals surface area contributed by atoms with Gasteiger partial charge in [0.1, 0.15) is 5.25 Å². The molecule has 2 atom stereocenters. The van der Waals surface area contributed by atoms with Crippen LogP contribution < -0.4 is 5.73 Å². The highest BCUT2D eigenvalue weighted by atomic mass is 32.2. The summed E-state index contributed by atoms with van der Waals surface area (Å²) < 4.78 is 59.4. The first kappa shape index (κ1) is 13.7. The second-order valence-corrected chi connectivity index (χ2v) is 6.14. The fourth-order valence-corrected chi connectivity index (χ4v) is 2.74. The van der Waals surface area contributed by atoms with Crippen molar-refractivity contribution in [2.75, 3.05) is 6.54 Å². The zero-order chi connectivity index (χ0) is 11.8. The van der Waals surface area contributed by atoms with Gasteiger partial charge in [-0.05, 0) is 6.92 Å². The molecule has 0 aromatic rings. The summed E-state index contributed by atoms with van der Waals surface area (Å²) in [7, 11) is -9.93. The average Bonchev–Trinajstić information content (AvgIpc) is 1.80. The maximum Gasteiger partial charge on any atom is 0.296 e. The van der Waals surface area contributed by atoms with Crippen LogP contribution >= 0.6 is 0 Å². The van der Waals surface area contributed by atoms with Gasteiger partial charge in [0.15, 0.2) is 0 Å². The minimum atomic E-state index is -5.06. The van der Waals surface area contributed by atoms with Gasteiger partial charge in [-0.3, -0.25) is 9.11 Å². The summed E-state index contributed by atoms with van der Waals surface area (Å²) in [6.07, 6.45) is 0. The SMILES string of the molecule is CC(O)(C(CN)S(=O)(=O)O)S(=O)(=O)O. The fourth-order valence-electron chi connectivity index (χ4n) is 0.783. The Morgan fingerprint density at radius 3 is 1.71 bits per heavy atom. The Bertz CT molecular complexity index is 393. The molecule has 0 spiro atoms. The quantitative estimate of drug-likeness (QED) is 0.409. The van der Waals surface area contributed by atoms with Crippen LogP contribution in [0.25, 0.3) is 0 Å². The maximum atomic E-state index is 10.6. The summed E-state index contributed by atoms with van der Waals surface area (Å²) in [6.45, 7) is -0.334. The number of nitrogens with two attached hydrogens (primary N) is 1. The predicted octanol–water partition coefficient (Wildman–Crippen LogP) is -2.20. The maximum absolute atomic E-state index is 10.6. The van der Waals surface area contributed by atoms with Gasteiger partial charge in [-0.2, -0.15) is 16.8 Å². The molecule has 8 nitrogen and oxygen atoms in total. The van der Waals surface area contributed by atoms with Crippen LogP contribution in [-0.2, 0) is 20.2 Å². The Hall–Kier alpha value is -0.260. The second kappa shape index (κ2) is 3.72. The molecule has 0 aromatic carbocycles. The van der Waals surface area contributed by atoms with Crippen LogP contribution in [0.4, 0.5) is 0 Å². The number of hydrogen-bond donors (Lipinski definition) is 4. The van der Waals surface area contributed by atoms with E-state index in [-0.39, 0.29) is 0 Å². The van der Waals surface area contributed by atoms with Crippen molar-refractivity contribution < 1.29 is 31.0 Å². The highest BCUT2D eigenvalue weighted by Gasteiger charge is 2.49. The Morgan fingerprint density at radius 2 is 1.64 bits per heavy atom. The molecule has 2 unspecified atom stereocenters. The largest absolute Gasteiger partial charge is 0.372 e. The van der Waals surface area contributed by atoms with Crippen LogP contribution in [0, 0.1) is 0 Å². The van der Waals surface area contributed by atoms with E-state index in [1.165, 1.54) is 0 Å². The molecule has 0 aliphatic rings. The molecule has 0 aromatic heterocycles. The van der Waals surface area contributed by atoms with Crippen LogP contribution in [0.5, 0.6) is 0 Å². The Morgan fingerprint density at radius 1 is 1.29 bits per heavy atom. The van der Waals surface area contributed by atoms with Crippen LogP contribution in [0.3, 0.4) is 0 Å². The van der Waals surface area contributed by atoms with Crippen molar-refractivity contribution in [1.29, 1.82) is 0 Å². The van der Waals surface area contributed by atoms with E-state index in [0.29, 0.717) is 6.92 Å². The number of rotatable bonds is 4. The van der Waals surface area contributed by atoms with Gasteiger partial charge >= 0.3 is 0 Å². The molecule has 0 radical (unpaired) electrons. The molecule has 0 rings (SSSR count). The standard InChI is InChI=1S/C4H11NO7S2/c1-4(6,14(10,11)12)3(2-5)13(7,8)9/h3,6H,2,5H2,1H3,(H,7,8,9)(H,10,11,12). The predicted molar refractivity (Wildman–Crippen MR) is 46.6 cm³/mol. The fraction of sp³-hybridized carbons (Fsp3) is 1.00. The first-order chi connectivity index (χ1) is 5.94. The van der Waals surface area contributed by atoms with Gasteiger partial charge in [-0.25, -0.2) is 0 Å². The van der Waals surface area contributed by atoms with Gasteiger partial charge in [-0.1, -0.05) is 0 Å². The normalized spacial score (nSPS) is 20.1. The van der Waals surface area contributed by atoms with Crippen molar-refractivity contribution in [1.82, 2.24) is 0 Å². The van der Waals surface area contributed by atoms with E-state index in [1.807, 2.05) is 0 Å². The third kappa shape index (κ3) is 2.62. The van der Waals surface area contributed by atoms with E-state index in [4.69, 9.17) is 14.8 Å². The molecule has 0 aliphatic heterocycles. The highest BCUT2D eigenvalue weighted by molar-refractivity contribution is 7.91. The minimum absolute atomic E-state index is 0.521. The van der Waals surface area contributed by atoms with Crippen molar-refractivity contribution in [2.45, 2.75) is 17.1 Å². The second-order valence-electron chi connectivity index (χ2n) is 2.77. The summed E-state index contributed by atoms with van der Waals surface area (Å²) in [5.41, 5.74) is 4.87. The van der Waals surface area contributed by atoms with Gasteiger partial charge in [0.25, 0.3) is 20.2 Å². The Labute approximate surface area is 81.2 Å². The smallest absolute Gasteiger partial charge is 0.296 e. The van der Waals surface area contributed by atoms with Crippen molar-refractivity contribution in [2.24, 2.45) is 5.73 Å². The molecular weight excluding hydrogens is 238 g/mol. The number of hydrogen-bond acceptors (Lipinski definition) is 6. The van der Waals surface area contributed by atoms with Gasteiger partial charge < -0.3 is 10.8 Å². The van der Waals surface area contributed by atoms with E-state index in [9.17, 15) is 21.9 Å². The zero-order valence-electron chi connectivity index (χ0n) is 7.15. The van der Waals surface area contributed by atoms with Crippen molar-refractivity contribution in [3.8, 4) is 0 Å². The molecule has 0 fully saturated rings. The van der Waals surface area contributed by atoms with Gasteiger partial charge in [0.2, 0.25) is 4.93 Å². The summed E-state index contributed by atoms with van der Waals surface area (Å²) >= 11 is 0. The highest BCUT2D eigenvalue weighted by Crippen LogP contribution is 2.21. The van der Waals surface area contributed by atoms with Crippen LogP contribution in [0.15, 0.2) is 0 Å². The number of aliphatic hydroxyl groups is 1. The Kier molecular flexibility index (Phi) is 3.65. The summed E-state index contributed by atoms with van der Waals surface area (Å²) in [4.78, 5) is -3.05. The lowest BCUT2D eigenvalue weighted by atomic mass is 10.3. The van der Waals surface area contributed by atoms with Gasteiger partial charge in [0, 0.05) is 6.54 Å². The van der Waals surface area contributed by atoms with Crippen molar-refractivity contribution >= 4 is 20.2 Å². The molecule has 86 valence electrons. The van der Waals surface area contributed by atoms with Crippen molar-refractivity contribution in [3.05, 3.63) is 0 Å². The molecule has 10 heteroatoms. The lowest BCUT2D eigenvalue weighted by Crippen LogP contribution is -2.53. The third-order valence-electron chi connectivity index (χ3n) is 1.69. The zero-order valence-corrected chi connectivity index (χ0v) is 8.79. The molecule has 0 heterocycles. The molecule has 0 bridgehead atoms. The Balaban J connectivity index is 5.49. The molecule has 0 saturated heterocycles. The van der Waals surface area contributed by atoms with E-state index in [1.54, 1.807) is 0 Å². The van der Waals surface area contributed by atoms with E-state index < -0.39 is 37.0 Å². The molecule has 0 amide bonds. The minimum Gasteiger partial charge on any atom is -0.372 e. The molecule has 14 heavy (non-hydrogen) atoms. The average molecular weight is 249 g/mol. The summed E-state index contributed by atoms with van der Waals surface area (Å²) in [6, 6.07) is 0. The van der Waals surface area contributed by atoms with E-state index in [2.05, 4.69) is 0 Å². The van der Waals surface area contributed by atoms with Crippen LogP contribution in [-0.4, -0.2) is 47.8 Å². The van der Waals surface area contributed by atoms with E-state index >= 15 is 0 Å². The lowest BCUT2D eigenvalue weighted by molar-refractivity contribution is 0.125. The third-order valence-corrected chi connectivity index (χ3v) is 4.54. The monoisotopic (exact) mass is 249 g/mol. The first-order valence-electron chi connectivity index (χ1n) is 3.30. The van der Waals surface area contributed by atoms with Crippen LogP contribution in [0.2, 0.25) is 0 Å².